The molecule has 4 nitrogen and oxygen atoms in total. The van der Waals surface area contributed by atoms with Crippen molar-refractivity contribution >= 4 is 46.6 Å². The van der Waals surface area contributed by atoms with Crippen LogP contribution in [-0.4, -0.2) is 38.0 Å². The van der Waals surface area contributed by atoms with E-state index in [-0.39, 0.29) is 10.1 Å². The summed E-state index contributed by atoms with van der Waals surface area (Å²) in [6, 6.07) is 12.0. The van der Waals surface area contributed by atoms with Gasteiger partial charge in [-0.3, -0.25) is 0 Å². The molecule has 0 fully saturated rings. The van der Waals surface area contributed by atoms with Crippen LogP contribution in [0.5, 0.6) is 5.75 Å². The van der Waals surface area contributed by atoms with Gasteiger partial charge in [-0.15, -0.1) is 0 Å². The van der Waals surface area contributed by atoms with Gasteiger partial charge in [0.2, 0.25) is 0 Å². The van der Waals surface area contributed by atoms with Gasteiger partial charge in [0.15, 0.2) is 0 Å². The Balaban J connectivity index is 2.25. The monoisotopic (exact) mass is 424 g/mol. The maximum absolute atomic E-state index is 12.4. The Bertz CT molecular complexity index is 715. The molecule has 1 N–H and O–H groups in total. The molecule has 1 unspecified atom stereocenters. The third kappa shape index (κ3) is 4.21. The average molecular weight is 425 g/mol. The first kappa shape index (κ1) is 16.8. The number of benzene rings is 2. The minimum absolute atomic E-state index is 0.0219. The first-order valence-corrected chi connectivity index (χ1v) is 9.47. The molecular weight excluding hydrogens is 411 g/mol. The summed E-state index contributed by atoms with van der Waals surface area (Å²) in [7, 11) is 0. The van der Waals surface area contributed by atoms with Gasteiger partial charge in [-0.2, -0.15) is 0 Å². The van der Waals surface area contributed by atoms with E-state index < -0.39 is 21.7 Å². The van der Waals surface area contributed by atoms with Crippen LogP contribution in [0.4, 0.5) is 0 Å². The minimum atomic E-state index is -1.26. The van der Waals surface area contributed by atoms with Crippen molar-refractivity contribution < 1.29 is 19.4 Å². The first-order chi connectivity index (χ1) is 10.5. The van der Waals surface area contributed by atoms with Crippen LogP contribution >= 0.6 is 15.9 Å². The summed E-state index contributed by atoms with van der Waals surface area (Å²) in [4.78, 5) is 23.7. The fraction of sp³-hybridized carbons (Fsp3) is 0.125. The molecule has 0 saturated carbocycles. The molecule has 0 saturated heterocycles. The van der Waals surface area contributed by atoms with Crippen LogP contribution in [0, 0.1) is 0 Å². The van der Waals surface area contributed by atoms with Gasteiger partial charge < -0.3 is 0 Å². The molecule has 0 amide bonds. The number of ether oxygens (including phenoxy) is 1. The van der Waals surface area contributed by atoms with Crippen LogP contribution in [0.1, 0.15) is 27.6 Å². The molecule has 22 heavy (non-hydrogen) atoms. The van der Waals surface area contributed by atoms with Gasteiger partial charge in [0, 0.05) is 0 Å². The zero-order valence-electron chi connectivity index (χ0n) is 11.8. The summed E-state index contributed by atoms with van der Waals surface area (Å²) >= 11 is 2.00. The predicted molar refractivity (Wildman–Crippen MR) is 89.8 cm³/mol. The van der Waals surface area contributed by atoms with E-state index in [1.165, 1.54) is 6.07 Å². The van der Waals surface area contributed by atoms with Crippen molar-refractivity contribution in [2.75, 3.05) is 6.61 Å². The van der Waals surface area contributed by atoms with Crippen molar-refractivity contribution in [3.05, 3.63) is 58.1 Å². The number of aromatic carboxylic acids is 1. The molecule has 0 aliphatic carbocycles. The molecule has 0 radical (unpaired) electrons. The number of rotatable bonds is 6. The first-order valence-electron chi connectivity index (χ1n) is 6.58. The van der Waals surface area contributed by atoms with Crippen molar-refractivity contribution in [1.29, 1.82) is 0 Å². The standard InChI is InChI=1S/C16H14AsBrO4/c1-2-22-12-5-3-4-10(8-12)15(19)17-14-7-6-11(18)9-13(14)16(20)21/h3-9,17H,2H2,1H3,(H,20,21). The number of hydrogen-bond donors (Lipinski definition) is 1. The van der Waals surface area contributed by atoms with Gasteiger partial charge in [0.1, 0.15) is 0 Å². The molecule has 2 aromatic rings. The second kappa shape index (κ2) is 7.61. The molecule has 1 atom stereocenters. The third-order valence-electron chi connectivity index (χ3n) is 2.87. The molecule has 0 aliphatic heterocycles. The van der Waals surface area contributed by atoms with E-state index in [0.717, 1.165) is 0 Å². The van der Waals surface area contributed by atoms with Crippen LogP contribution in [0.15, 0.2) is 46.9 Å². The zero-order valence-corrected chi connectivity index (χ0v) is 15.5. The second-order valence-electron chi connectivity index (χ2n) is 4.41. The van der Waals surface area contributed by atoms with Crippen molar-refractivity contribution in [3.63, 3.8) is 0 Å². The zero-order chi connectivity index (χ0) is 16.1. The van der Waals surface area contributed by atoms with Gasteiger partial charge >= 0.3 is 143 Å². The number of carbonyl (C=O) groups is 2. The fourth-order valence-electron chi connectivity index (χ4n) is 1.89. The van der Waals surface area contributed by atoms with E-state index >= 15 is 0 Å². The van der Waals surface area contributed by atoms with Gasteiger partial charge in [-0.25, -0.2) is 0 Å². The van der Waals surface area contributed by atoms with Gasteiger partial charge in [-0.05, 0) is 0 Å². The molecule has 2 aromatic carbocycles. The molecule has 0 aromatic heterocycles. The normalized spacial score (nSPS) is 10.8. The van der Waals surface area contributed by atoms with Crippen molar-refractivity contribution in [1.82, 2.24) is 0 Å². The van der Waals surface area contributed by atoms with Crippen LogP contribution in [0.3, 0.4) is 0 Å². The Hall–Kier alpha value is -1.58. The van der Waals surface area contributed by atoms with E-state index in [9.17, 15) is 14.7 Å². The number of halogens is 1. The van der Waals surface area contributed by atoms with Crippen LogP contribution in [-0.2, 0) is 0 Å². The Kier molecular flexibility index (Phi) is 5.81. The topological polar surface area (TPSA) is 63.6 Å². The van der Waals surface area contributed by atoms with Crippen LogP contribution in [0.25, 0.3) is 0 Å². The molecule has 0 aliphatic rings. The molecule has 6 heteroatoms. The predicted octanol–water partition coefficient (Wildman–Crippen LogP) is 2.45. The number of carboxylic acids is 1. The summed E-state index contributed by atoms with van der Waals surface area (Å²) in [5, 5.41) is 9.26. The summed E-state index contributed by atoms with van der Waals surface area (Å²) in [6.07, 6.45) is 0. The van der Waals surface area contributed by atoms with Gasteiger partial charge in [0.25, 0.3) is 0 Å². The summed E-state index contributed by atoms with van der Waals surface area (Å²) < 4.78 is 6.66. The second-order valence-corrected chi connectivity index (χ2v) is 7.93. The van der Waals surface area contributed by atoms with Crippen LogP contribution < -0.4 is 9.09 Å². The third-order valence-corrected chi connectivity index (χ3v) is 5.92. The molecular formula is C16H14AsBrO4. The summed E-state index contributed by atoms with van der Waals surface area (Å²) in [6.45, 7) is 2.41. The summed E-state index contributed by atoms with van der Waals surface area (Å²) in [5.41, 5.74) is 0.744. The molecule has 0 spiro atoms. The molecule has 0 heterocycles. The maximum atomic E-state index is 12.4. The van der Waals surface area contributed by atoms with Gasteiger partial charge in [0.05, 0.1) is 0 Å². The molecule has 114 valence electrons. The number of hydrogen-bond acceptors (Lipinski definition) is 3. The SMILES string of the molecule is CCOc1cccc(C(=O)[AsH]c2ccc(Br)cc2C(=O)O)c1. The van der Waals surface area contributed by atoms with E-state index in [4.69, 9.17) is 4.74 Å². The molecule has 0 bridgehead atoms. The summed E-state index contributed by atoms with van der Waals surface area (Å²) in [5.74, 6) is -0.370. The van der Waals surface area contributed by atoms with Crippen molar-refractivity contribution in [2.45, 2.75) is 6.92 Å². The molecule has 2 rings (SSSR count). The average Bonchev–Trinajstić information content (AvgIpc) is 2.49. The van der Waals surface area contributed by atoms with E-state index in [1.54, 1.807) is 36.4 Å². The van der Waals surface area contributed by atoms with E-state index in [1.807, 2.05) is 6.92 Å². The van der Waals surface area contributed by atoms with E-state index in [2.05, 4.69) is 15.9 Å². The fourth-order valence-corrected chi connectivity index (χ4v) is 4.40. The Labute approximate surface area is 143 Å². The van der Waals surface area contributed by atoms with Crippen molar-refractivity contribution in [2.24, 2.45) is 0 Å². The van der Waals surface area contributed by atoms with Gasteiger partial charge in [-0.1, -0.05) is 0 Å². The van der Waals surface area contributed by atoms with E-state index in [0.29, 0.717) is 26.7 Å². The Morgan fingerprint density at radius 1 is 1.23 bits per heavy atom. The quantitative estimate of drug-likeness (QED) is 0.723. The Morgan fingerprint density at radius 2 is 2.00 bits per heavy atom. The van der Waals surface area contributed by atoms with Crippen LogP contribution in [0.2, 0.25) is 0 Å². The Morgan fingerprint density at radius 3 is 2.68 bits per heavy atom. The number of carboxylic acid groups (broad SMARTS) is 1. The van der Waals surface area contributed by atoms with Crippen molar-refractivity contribution in [3.8, 4) is 5.75 Å². The number of carbonyl (C=O) groups excluding carboxylic acids is 1.